The number of ether oxygens (including phenoxy) is 2. The molecule has 2 aromatic carbocycles. The van der Waals surface area contributed by atoms with Crippen molar-refractivity contribution in [3.8, 4) is 11.5 Å². The first-order chi connectivity index (χ1) is 16.7. The molecule has 0 aliphatic heterocycles. The third kappa shape index (κ3) is 6.93. The molecule has 6 heteroatoms. The maximum absolute atomic E-state index is 15.2. The number of aryl methyl sites for hydroxylation is 1. The van der Waals surface area contributed by atoms with E-state index < -0.39 is 0 Å². The second-order valence-corrected chi connectivity index (χ2v) is 9.79. The fourth-order valence-electron chi connectivity index (χ4n) is 3.91. The molecule has 0 unspecified atom stereocenters. The number of nitrogens with one attached hydrogen (secondary N) is 1. The highest BCUT2D eigenvalue weighted by Gasteiger charge is 2.26. The topological polar surface area (TPSA) is 56.3 Å². The summed E-state index contributed by atoms with van der Waals surface area (Å²) in [6.07, 6.45) is 4.32. The predicted molar refractivity (Wildman–Crippen MR) is 140 cm³/mol. The van der Waals surface area contributed by atoms with Crippen LogP contribution in [0.3, 0.4) is 0 Å². The molecule has 0 saturated heterocycles. The molecule has 5 nitrogen and oxygen atoms in total. The Morgan fingerprint density at radius 2 is 1.77 bits per heavy atom. The van der Waals surface area contributed by atoms with Crippen LogP contribution >= 0.6 is 0 Å². The lowest BCUT2D eigenvalue weighted by atomic mass is 9.77. The lowest BCUT2D eigenvalue weighted by Crippen LogP contribution is -2.20. The highest BCUT2D eigenvalue weighted by molar-refractivity contribution is 5.46. The average Bonchev–Trinajstić information content (AvgIpc) is 2.84. The van der Waals surface area contributed by atoms with E-state index in [2.05, 4.69) is 56.0 Å². The van der Waals surface area contributed by atoms with Gasteiger partial charge in [0.1, 0.15) is 12.4 Å². The lowest BCUT2D eigenvalue weighted by Gasteiger charge is -2.28. The van der Waals surface area contributed by atoms with Crippen LogP contribution in [0.5, 0.6) is 11.5 Å². The van der Waals surface area contributed by atoms with Crippen LogP contribution in [0, 0.1) is 11.7 Å². The number of benzene rings is 2. The van der Waals surface area contributed by atoms with E-state index in [4.69, 9.17) is 9.47 Å². The lowest BCUT2D eigenvalue weighted by molar-refractivity contribution is 0.273. The molecule has 0 saturated carbocycles. The fourth-order valence-corrected chi connectivity index (χ4v) is 3.91. The van der Waals surface area contributed by atoms with Crippen molar-refractivity contribution in [2.45, 2.75) is 65.9 Å². The maximum atomic E-state index is 15.2. The van der Waals surface area contributed by atoms with E-state index in [-0.39, 0.29) is 11.2 Å². The summed E-state index contributed by atoms with van der Waals surface area (Å²) < 4.78 is 27.0. The van der Waals surface area contributed by atoms with Crippen molar-refractivity contribution in [1.29, 1.82) is 0 Å². The van der Waals surface area contributed by atoms with E-state index in [9.17, 15) is 0 Å². The predicted octanol–water partition coefficient (Wildman–Crippen LogP) is 6.94. The highest BCUT2D eigenvalue weighted by Crippen LogP contribution is 2.37. The van der Waals surface area contributed by atoms with Gasteiger partial charge in [-0.05, 0) is 59.7 Å². The van der Waals surface area contributed by atoms with Gasteiger partial charge in [-0.2, -0.15) is 0 Å². The average molecular weight is 480 g/mol. The van der Waals surface area contributed by atoms with Crippen molar-refractivity contribution in [3.05, 3.63) is 76.9 Å². The summed E-state index contributed by atoms with van der Waals surface area (Å²) in [5.41, 5.74) is 3.37. The minimum absolute atomic E-state index is 0.284. The Labute approximate surface area is 209 Å². The van der Waals surface area contributed by atoms with Crippen LogP contribution in [0.2, 0.25) is 0 Å². The number of anilines is 1. The zero-order valence-corrected chi connectivity index (χ0v) is 21.8. The van der Waals surface area contributed by atoms with E-state index in [0.717, 1.165) is 47.4 Å². The number of hydrogen-bond acceptors (Lipinski definition) is 5. The third-order valence-electron chi connectivity index (χ3n) is 6.20. The van der Waals surface area contributed by atoms with Crippen molar-refractivity contribution >= 4 is 5.95 Å². The van der Waals surface area contributed by atoms with Crippen molar-refractivity contribution in [3.63, 3.8) is 0 Å². The summed E-state index contributed by atoms with van der Waals surface area (Å²) in [5, 5.41) is 2.93. The molecule has 0 atom stereocenters. The number of aromatic nitrogens is 2. The Balaban J connectivity index is 1.77. The van der Waals surface area contributed by atoms with Crippen LogP contribution < -0.4 is 14.8 Å². The van der Waals surface area contributed by atoms with E-state index in [1.54, 1.807) is 19.3 Å². The molecular formula is C29H38FN3O2. The monoisotopic (exact) mass is 479 g/mol. The van der Waals surface area contributed by atoms with Crippen LogP contribution in [-0.2, 0) is 18.4 Å². The molecule has 1 heterocycles. The molecule has 0 amide bonds. The van der Waals surface area contributed by atoms with Gasteiger partial charge in [-0.25, -0.2) is 14.4 Å². The number of rotatable bonds is 12. The second kappa shape index (κ2) is 12.0. The minimum atomic E-state index is -0.382. The maximum Gasteiger partial charge on any atom is 0.222 e. The van der Waals surface area contributed by atoms with Gasteiger partial charge >= 0.3 is 0 Å². The van der Waals surface area contributed by atoms with Crippen LogP contribution in [0.15, 0.2) is 48.7 Å². The minimum Gasteiger partial charge on any atom is -0.490 e. The summed E-state index contributed by atoms with van der Waals surface area (Å²) in [4.78, 5) is 8.49. The molecular weight excluding hydrogens is 441 g/mol. The van der Waals surface area contributed by atoms with Crippen molar-refractivity contribution < 1.29 is 13.9 Å². The first-order valence-corrected chi connectivity index (χ1v) is 12.4. The van der Waals surface area contributed by atoms with Gasteiger partial charge in [0.15, 0.2) is 11.6 Å². The van der Waals surface area contributed by atoms with E-state index in [1.165, 1.54) is 0 Å². The zero-order valence-electron chi connectivity index (χ0n) is 21.8. The first kappa shape index (κ1) is 26.5. The van der Waals surface area contributed by atoms with Crippen LogP contribution in [-0.4, -0.2) is 23.6 Å². The number of nitrogens with zero attached hydrogens (tertiary/aromatic N) is 2. The fraction of sp³-hybridized carbons (Fsp3) is 0.448. The van der Waals surface area contributed by atoms with E-state index >= 15 is 4.39 Å². The van der Waals surface area contributed by atoms with Gasteiger partial charge in [-0.15, -0.1) is 0 Å². The highest BCUT2D eigenvalue weighted by atomic mass is 19.1. The molecule has 0 spiro atoms. The van der Waals surface area contributed by atoms with Crippen molar-refractivity contribution in [2.75, 3.05) is 19.0 Å². The smallest absolute Gasteiger partial charge is 0.222 e. The molecule has 0 bridgehead atoms. The van der Waals surface area contributed by atoms with Crippen molar-refractivity contribution in [1.82, 2.24) is 9.97 Å². The Hall–Kier alpha value is -3.15. The van der Waals surface area contributed by atoms with Gasteiger partial charge in [-0.3, -0.25) is 0 Å². The van der Waals surface area contributed by atoms with Gasteiger partial charge in [0.25, 0.3) is 0 Å². The Kier molecular flexibility index (Phi) is 9.07. The largest absolute Gasteiger partial charge is 0.490 e. The third-order valence-corrected chi connectivity index (χ3v) is 6.20. The molecule has 1 aromatic heterocycles. The van der Waals surface area contributed by atoms with Gasteiger partial charge in [0.05, 0.1) is 12.3 Å². The quantitative estimate of drug-likeness (QED) is 0.305. The SMILES string of the molecule is CCCc1cc(C(C)(C)c2ccc(OCc3ccnc(NC)n3)cc2)cc(F)c1OCCC(C)C. The zero-order chi connectivity index (χ0) is 25.4. The summed E-state index contributed by atoms with van der Waals surface area (Å²) in [6, 6.07) is 13.5. The van der Waals surface area contributed by atoms with Gasteiger partial charge in [-0.1, -0.05) is 59.2 Å². The molecule has 0 fully saturated rings. The normalized spacial score (nSPS) is 11.5. The van der Waals surface area contributed by atoms with Gasteiger partial charge in [0, 0.05) is 18.7 Å². The van der Waals surface area contributed by atoms with E-state index in [1.807, 2.05) is 30.3 Å². The number of hydrogen-bond donors (Lipinski definition) is 1. The van der Waals surface area contributed by atoms with Crippen LogP contribution in [0.4, 0.5) is 10.3 Å². The Bertz CT molecular complexity index is 1100. The molecule has 3 rings (SSSR count). The summed E-state index contributed by atoms with van der Waals surface area (Å²) in [6.45, 7) is 11.5. The second-order valence-electron chi connectivity index (χ2n) is 9.79. The van der Waals surface area contributed by atoms with E-state index in [0.29, 0.717) is 30.8 Å². The molecule has 1 N–H and O–H groups in total. The number of halogens is 1. The molecule has 0 aliphatic carbocycles. The van der Waals surface area contributed by atoms with Gasteiger partial charge in [0.2, 0.25) is 5.95 Å². The molecule has 188 valence electrons. The summed E-state index contributed by atoms with van der Waals surface area (Å²) >= 11 is 0. The molecule has 3 aromatic rings. The Morgan fingerprint density at radius 3 is 2.43 bits per heavy atom. The standard InChI is InChI=1S/C29H38FN3O2/c1-7-8-21-17-23(18-26(30)27(21)34-16-14-20(2)3)29(4,5)22-9-11-25(12-10-22)35-19-24-13-15-32-28(31-6)33-24/h9-13,15,17-18,20H,7-8,14,16,19H2,1-6H3,(H,31,32,33). The first-order valence-electron chi connectivity index (χ1n) is 12.4. The van der Waals surface area contributed by atoms with Gasteiger partial charge < -0.3 is 14.8 Å². The van der Waals surface area contributed by atoms with Crippen molar-refractivity contribution in [2.24, 2.45) is 5.92 Å². The molecule has 0 aliphatic rings. The Morgan fingerprint density at radius 1 is 1.03 bits per heavy atom. The summed E-state index contributed by atoms with van der Waals surface area (Å²) in [5.74, 6) is 1.95. The molecule has 35 heavy (non-hydrogen) atoms. The van der Waals surface area contributed by atoms with Crippen LogP contribution in [0.25, 0.3) is 0 Å². The summed E-state index contributed by atoms with van der Waals surface area (Å²) in [7, 11) is 1.78. The van der Waals surface area contributed by atoms with Crippen LogP contribution in [0.1, 0.15) is 69.8 Å². The molecule has 0 radical (unpaired) electrons.